The van der Waals surface area contributed by atoms with Crippen LogP contribution in [0.15, 0.2) is 42.6 Å². The minimum atomic E-state index is -0.270. The number of carbonyl (C=O) groups is 2. The molecule has 5 rings (SSSR count). The number of nitrogens with zero attached hydrogens (tertiary/aromatic N) is 4. The van der Waals surface area contributed by atoms with Crippen LogP contribution in [-0.2, 0) is 16.1 Å². The molecule has 1 aromatic carbocycles. The van der Waals surface area contributed by atoms with Crippen LogP contribution in [0.2, 0.25) is 5.02 Å². The van der Waals surface area contributed by atoms with Gasteiger partial charge in [-0.15, -0.1) is 0 Å². The van der Waals surface area contributed by atoms with E-state index in [0.717, 1.165) is 26.3 Å². The standard InChI is InChI=1S/C25H30ClN5O3/c1-16(29-11-18-14-34-15-19(18)12-29)7-8-24(32)30-10-17(2)31-22(9-27-23(31)13-30)25(33)28-21-6-4-3-5-20(21)26/h3-9,16-19H,10-15H2,1-2H3,(H,28,33)/b8-7+/t16-,17+,18-,19+/m0/s1. The highest BCUT2D eigenvalue weighted by molar-refractivity contribution is 6.33. The number of para-hydroxylation sites is 1. The number of nitrogens with one attached hydrogen (secondary N) is 1. The number of fused-ring (bicyclic) bond motifs is 2. The molecule has 0 aliphatic carbocycles. The fourth-order valence-corrected chi connectivity index (χ4v) is 5.42. The third-order valence-corrected chi connectivity index (χ3v) is 7.49. The van der Waals surface area contributed by atoms with Crippen LogP contribution in [-0.4, -0.2) is 70.1 Å². The number of hydrogen-bond acceptors (Lipinski definition) is 5. The first-order valence-corrected chi connectivity index (χ1v) is 12.2. The maximum absolute atomic E-state index is 13.0. The normalized spacial score (nSPS) is 25.4. The minimum absolute atomic E-state index is 0.0299. The number of aromatic nitrogens is 2. The molecule has 1 N–H and O–H groups in total. The van der Waals surface area contributed by atoms with Crippen molar-refractivity contribution in [2.24, 2.45) is 11.8 Å². The average Bonchev–Trinajstić information content (AvgIpc) is 3.53. The van der Waals surface area contributed by atoms with E-state index in [1.54, 1.807) is 29.3 Å². The zero-order valence-corrected chi connectivity index (χ0v) is 20.2. The predicted octanol–water partition coefficient (Wildman–Crippen LogP) is 3.21. The lowest BCUT2D eigenvalue weighted by Gasteiger charge is -2.32. The molecule has 1 aromatic heterocycles. The SMILES string of the molecule is C[C@@H]1CN(C(=O)/C=C/[C@H](C)N2C[C@H]3COC[C@H]3C2)Cc2ncc(C(=O)Nc3ccccc3Cl)n21. The van der Waals surface area contributed by atoms with Crippen molar-refractivity contribution in [3.63, 3.8) is 0 Å². The first-order chi connectivity index (χ1) is 16.4. The second-order valence-electron chi connectivity index (χ2n) is 9.54. The number of anilines is 1. The summed E-state index contributed by atoms with van der Waals surface area (Å²) < 4.78 is 7.47. The van der Waals surface area contributed by atoms with Gasteiger partial charge in [0, 0.05) is 43.6 Å². The molecule has 0 bridgehead atoms. The smallest absolute Gasteiger partial charge is 0.273 e. The van der Waals surface area contributed by atoms with Gasteiger partial charge in [-0.05, 0) is 26.0 Å². The van der Waals surface area contributed by atoms with Crippen molar-refractivity contribution in [3.8, 4) is 0 Å². The van der Waals surface area contributed by atoms with Crippen LogP contribution < -0.4 is 5.32 Å². The number of likely N-dealkylation sites (tertiary alicyclic amines) is 1. The summed E-state index contributed by atoms with van der Waals surface area (Å²) in [5, 5.41) is 3.33. The van der Waals surface area contributed by atoms with Crippen molar-refractivity contribution >= 4 is 29.1 Å². The van der Waals surface area contributed by atoms with E-state index in [-0.39, 0.29) is 23.9 Å². The van der Waals surface area contributed by atoms with Crippen LogP contribution in [0.5, 0.6) is 0 Å². The van der Waals surface area contributed by atoms with E-state index in [9.17, 15) is 9.59 Å². The van der Waals surface area contributed by atoms with Crippen LogP contribution in [0.4, 0.5) is 5.69 Å². The van der Waals surface area contributed by atoms with E-state index in [4.69, 9.17) is 16.3 Å². The molecule has 0 unspecified atom stereocenters. The van der Waals surface area contributed by atoms with E-state index >= 15 is 0 Å². The number of rotatable bonds is 5. The van der Waals surface area contributed by atoms with Crippen molar-refractivity contribution in [1.82, 2.24) is 19.4 Å². The summed E-state index contributed by atoms with van der Waals surface area (Å²) in [4.78, 5) is 34.5. The van der Waals surface area contributed by atoms with Gasteiger partial charge in [-0.25, -0.2) is 4.98 Å². The maximum Gasteiger partial charge on any atom is 0.273 e. The van der Waals surface area contributed by atoms with Crippen LogP contribution in [0.25, 0.3) is 0 Å². The fourth-order valence-electron chi connectivity index (χ4n) is 5.23. The lowest BCUT2D eigenvalue weighted by Crippen LogP contribution is -2.41. The summed E-state index contributed by atoms with van der Waals surface area (Å²) in [5.41, 5.74) is 1.01. The highest BCUT2D eigenvalue weighted by Crippen LogP contribution is 2.30. The third-order valence-electron chi connectivity index (χ3n) is 7.16. The maximum atomic E-state index is 13.0. The second-order valence-corrected chi connectivity index (χ2v) is 9.95. The Balaban J connectivity index is 1.22. The molecular weight excluding hydrogens is 454 g/mol. The lowest BCUT2D eigenvalue weighted by atomic mass is 10.0. The van der Waals surface area contributed by atoms with Crippen molar-refractivity contribution in [3.05, 3.63) is 59.2 Å². The van der Waals surface area contributed by atoms with Gasteiger partial charge in [-0.3, -0.25) is 14.5 Å². The molecule has 3 aliphatic heterocycles. The van der Waals surface area contributed by atoms with Crippen LogP contribution >= 0.6 is 11.6 Å². The topological polar surface area (TPSA) is 79.7 Å². The number of halogens is 1. The second kappa shape index (κ2) is 9.52. The predicted molar refractivity (Wildman–Crippen MR) is 130 cm³/mol. The summed E-state index contributed by atoms with van der Waals surface area (Å²) >= 11 is 6.18. The fraction of sp³-hybridized carbons (Fsp3) is 0.480. The van der Waals surface area contributed by atoms with E-state index in [1.165, 1.54) is 0 Å². The largest absolute Gasteiger partial charge is 0.381 e. The molecule has 8 nitrogen and oxygen atoms in total. The first kappa shape index (κ1) is 23.1. The minimum Gasteiger partial charge on any atom is -0.381 e. The molecule has 34 heavy (non-hydrogen) atoms. The molecule has 4 heterocycles. The summed E-state index contributed by atoms with van der Waals surface area (Å²) in [6, 6.07) is 7.25. The zero-order valence-electron chi connectivity index (χ0n) is 19.5. The van der Waals surface area contributed by atoms with Crippen molar-refractivity contribution in [2.45, 2.75) is 32.5 Å². The lowest BCUT2D eigenvalue weighted by molar-refractivity contribution is -0.128. The molecule has 2 fully saturated rings. The average molecular weight is 484 g/mol. The molecular formula is C25H30ClN5O3. The molecule has 0 saturated carbocycles. The highest BCUT2D eigenvalue weighted by atomic mass is 35.5. The molecule has 0 spiro atoms. The Hall–Kier alpha value is -2.68. The molecule has 2 saturated heterocycles. The van der Waals surface area contributed by atoms with Gasteiger partial charge in [0.1, 0.15) is 11.5 Å². The molecule has 4 atom stereocenters. The molecule has 180 valence electrons. The summed E-state index contributed by atoms with van der Waals surface area (Å²) in [6.07, 6.45) is 5.25. The number of benzene rings is 1. The monoisotopic (exact) mass is 483 g/mol. The van der Waals surface area contributed by atoms with Crippen molar-refractivity contribution < 1.29 is 14.3 Å². The van der Waals surface area contributed by atoms with Gasteiger partial charge in [-0.2, -0.15) is 0 Å². The molecule has 3 aliphatic rings. The van der Waals surface area contributed by atoms with Gasteiger partial charge >= 0.3 is 0 Å². The Morgan fingerprint density at radius 2 is 1.94 bits per heavy atom. The number of hydrogen-bond donors (Lipinski definition) is 1. The van der Waals surface area contributed by atoms with Gasteiger partial charge in [0.05, 0.1) is 42.7 Å². The highest BCUT2D eigenvalue weighted by Gasteiger charge is 2.38. The molecule has 2 amide bonds. The Labute approximate surface area is 204 Å². The Morgan fingerprint density at radius 1 is 1.21 bits per heavy atom. The number of imidazole rings is 1. The summed E-state index contributed by atoms with van der Waals surface area (Å²) in [7, 11) is 0. The van der Waals surface area contributed by atoms with Gasteiger partial charge in [0.15, 0.2) is 0 Å². The van der Waals surface area contributed by atoms with Gasteiger partial charge in [0.25, 0.3) is 5.91 Å². The van der Waals surface area contributed by atoms with Crippen molar-refractivity contribution in [2.75, 3.05) is 38.2 Å². The molecule has 9 heteroatoms. The first-order valence-electron chi connectivity index (χ1n) is 11.8. The number of ether oxygens (including phenoxy) is 1. The van der Waals surface area contributed by atoms with Crippen molar-refractivity contribution in [1.29, 1.82) is 0 Å². The summed E-state index contributed by atoms with van der Waals surface area (Å²) in [6.45, 7) is 8.78. The Kier molecular flexibility index (Phi) is 6.46. The van der Waals surface area contributed by atoms with E-state index in [1.807, 2.05) is 29.7 Å². The van der Waals surface area contributed by atoms with Gasteiger partial charge in [-0.1, -0.05) is 29.8 Å². The van der Waals surface area contributed by atoms with E-state index in [2.05, 4.69) is 22.1 Å². The third kappa shape index (κ3) is 4.50. The summed E-state index contributed by atoms with van der Waals surface area (Å²) in [5.74, 6) is 1.64. The number of carbonyl (C=O) groups excluding carboxylic acids is 2. The number of amides is 2. The molecule has 2 aromatic rings. The van der Waals surface area contributed by atoms with Gasteiger partial charge < -0.3 is 19.5 Å². The zero-order chi connectivity index (χ0) is 23.8. The Morgan fingerprint density at radius 3 is 2.68 bits per heavy atom. The van der Waals surface area contributed by atoms with E-state index < -0.39 is 0 Å². The van der Waals surface area contributed by atoms with Crippen LogP contribution in [0, 0.1) is 11.8 Å². The van der Waals surface area contributed by atoms with Gasteiger partial charge in [0.2, 0.25) is 5.91 Å². The molecule has 0 radical (unpaired) electrons. The quantitative estimate of drug-likeness (QED) is 0.660. The van der Waals surface area contributed by atoms with Crippen LogP contribution in [0.1, 0.15) is 36.2 Å². The van der Waals surface area contributed by atoms with Crippen LogP contribution in [0.3, 0.4) is 0 Å². The van der Waals surface area contributed by atoms with E-state index in [0.29, 0.717) is 47.2 Å². The Bertz CT molecular complexity index is 1100.